The molecule has 0 atom stereocenters. The molecule has 0 spiro atoms. The second-order valence-corrected chi connectivity index (χ2v) is 5.90. The number of ether oxygens (including phenoxy) is 1. The van der Waals surface area contributed by atoms with Crippen LogP contribution in [0.25, 0.3) is 11.1 Å². The number of hydrogen-bond acceptors (Lipinski definition) is 5. The van der Waals surface area contributed by atoms with Gasteiger partial charge in [0.15, 0.2) is 0 Å². The van der Waals surface area contributed by atoms with Crippen molar-refractivity contribution >= 4 is 23.0 Å². The second-order valence-electron chi connectivity index (χ2n) is 4.91. The molecule has 1 N–H and O–H groups in total. The Hall–Kier alpha value is -2.53. The number of carbonyl (C=O) groups is 1. The molecular weight excluding hydrogens is 310 g/mol. The maximum absolute atomic E-state index is 11.9. The van der Waals surface area contributed by atoms with Crippen LogP contribution in [0.5, 0.6) is 0 Å². The van der Waals surface area contributed by atoms with E-state index in [0.29, 0.717) is 6.61 Å². The number of thiophene rings is 1. The molecule has 0 fully saturated rings. The van der Waals surface area contributed by atoms with Crippen LogP contribution >= 0.6 is 11.3 Å². The number of para-hydroxylation sites is 1. The van der Waals surface area contributed by atoms with Crippen molar-refractivity contribution in [3.63, 3.8) is 0 Å². The van der Waals surface area contributed by atoms with Crippen molar-refractivity contribution in [3.05, 3.63) is 64.7 Å². The molecule has 4 nitrogen and oxygen atoms in total. The summed E-state index contributed by atoms with van der Waals surface area (Å²) in [5.41, 5.74) is 2.82. The van der Waals surface area contributed by atoms with Gasteiger partial charge >= 0.3 is 5.97 Å². The highest BCUT2D eigenvalue weighted by molar-refractivity contribution is 7.10. The Kier molecular flexibility index (Phi) is 4.78. The number of benzene rings is 1. The van der Waals surface area contributed by atoms with Crippen LogP contribution in [-0.2, 0) is 11.3 Å². The van der Waals surface area contributed by atoms with E-state index in [-0.39, 0.29) is 5.76 Å². The summed E-state index contributed by atoms with van der Waals surface area (Å²) in [5.74, 6) is -0.171. The zero-order chi connectivity index (χ0) is 16.1. The summed E-state index contributed by atoms with van der Waals surface area (Å²) in [6.07, 6.45) is 1.52. The number of nitrogens with one attached hydrogen (secondary N) is 1. The van der Waals surface area contributed by atoms with Gasteiger partial charge in [-0.15, -0.1) is 11.3 Å². The minimum absolute atomic E-state index is 0.257. The minimum atomic E-state index is -0.428. The van der Waals surface area contributed by atoms with E-state index >= 15 is 0 Å². The van der Waals surface area contributed by atoms with Crippen molar-refractivity contribution in [2.45, 2.75) is 13.5 Å². The van der Waals surface area contributed by atoms with Gasteiger partial charge in [-0.3, -0.25) is 0 Å². The van der Waals surface area contributed by atoms with E-state index in [1.165, 1.54) is 11.1 Å². The molecular formula is C18H17NO3S. The summed E-state index contributed by atoms with van der Waals surface area (Å²) < 4.78 is 10.3. The van der Waals surface area contributed by atoms with Gasteiger partial charge in [0.05, 0.1) is 12.9 Å². The van der Waals surface area contributed by atoms with Gasteiger partial charge in [-0.05, 0) is 42.1 Å². The first-order valence-electron chi connectivity index (χ1n) is 7.39. The van der Waals surface area contributed by atoms with E-state index in [9.17, 15) is 4.79 Å². The summed E-state index contributed by atoms with van der Waals surface area (Å²) in [4.78, 5) is 13.1. The third-order valence-electron chi connectivity index (χ3n) is 3.33. The highest BCUT2D eigenvalue weighted by Crippen LogP contribution is 2.30. The Morgan fingerprint density at radius 1 is 1.26 bits per heavy atom. The molecule has 1 aromatic carbocycles. The third kappa shape index (κ3) is 3.63. The SMILES string of the molecule is CCOC(=O)c1occc1-c1csc(CNc2ccccc2)c1. The molecule has 0 radical (unpaired) electrons. The molecule has 0 aliphatic heterocycles. The minimum Gasteiger partial charge on any atom is -0.460 e. The smallest absolute Gasteiger partial charge is 0.374 e. The van der Waals surface area contributed by atoms with Crippen LogP contribution in [0.15, 0.2) is 58.5 Å². The largest absolute Gasteiger partial charge is 0.460 e. The van der Waals surface area contributed by atoms with Crippen molar-refractivity contribution in [3.8, 4) is 11.1 Å². The zero-order valence-electron chi connectivity index (χ0n) is 12.7. The summed E-state index contributed by atoms with van der Waals surface area (Å²) in [6.45, 7) is 2.84. The number of carbonyl (C=O) groups excluding carboxylic acids is 1. The van der Waals surface area contributed by atoms with Gasteiger partial charge in [-0.1, -0.05) is 18.2 Å². The van der Waals surface area contributed by atoms with Crippen LogP contribution in [-0.4, -0.2) is 12.6 Å². The normalized spacial score (nSPS) is 10.5. The van der Waals surface area contributed by atoms with Gasteiger partial charge in [0, 0.05) is 22.7 Å². The summed E-state index contributed by atoms with van der Waals surface area (Å²) in [5, 5.41) is 5.40. The Morgan fingerprint density at radius 2 is 2.09 bits per heavy atom. The Balaban J connectivity index is 1.72. The number of furan rings is 1. The average Bonchev–Trinajstić information content (AvgIpc) is 3.23. The van der Waals surface area contributed by atoms with E-state index in [2.05, 4.69) is 11.4 Å². The molecule has 3 aromatic rings. The summed E-state index contributed by atoms with van der Waals surface area (Å²) >= 11 is 1.64. The summed E-state index contributed by atoms with van der Waals surface area (Å²) in [6, 6.07) is 13.9. The van der Waals surface area contributed by atoms with E-state index in [4.69, 9.17) is 9.15 Å². The highest BCUT2D eigenvalue weighted by Gasteiger charge is 2.18. The molecule has 2 heterocycles. The first-order valence-corrected chi connectivity index (χ1v) is 8.27. The third-order valence-corrected chi connectivity index (χ3v) is 4.27. The lowest BCUT2D eigenvalue weighted by molar-refractivity contribution is 0.0491. The lowest BCUT2D eigenvalue weighted by Gasteiger charge is -2.03. The zero-order valence-corrected chi connectivity index (χ0v) is 13.6. The maximum atomic E-state index is 11.9. The van der Waals surface area contributed by atoms with Gasteiger partial charge in [0.2, 0.25) is 5.76 Å². The quantitative estimate of drug-likeness (QED) is 0.661. The molecule has 2 aromatic heterocycles. The van der Waals surface area contributed by atoms with Crippen LogP contribution in [0, 0.1) is 0 Å². The number of anilines is 1. The first-order chi connectivity index (χ1) is 11.3. The van der Waals surface area contributed by atoms with Crippen molar-refractivity contribution in [2.75, 3.05) is 11.9 Å². The predicted molar refractivity (Wildman–Crippen MR) is 91.7 cm³/mol. The lowest BCUT2D eigenvalue weighted by atomic mass is 10.1. The van der Waals surface area contributed by atoms with Crippen LogP contribution in [0.2, 0.25) is 0 Å². The van der Waals surface area contributed by atoms with Crippen LogP contribution < -0.4 is 5.32 Å². The van der Waals surface area contributed by atoms with Gasteiger partial charge in [0.1, 0.15) is 0 Å². The van der Waals surface area contributed by atoms with E-state index in [1.54, 1.807) is 24.3 Å². The molecule has 3 rings (SSSR count). The van der Waals surface area contributed by atoms with E-state index < -0.39 is 5.97 Å². The van der Waals surface area contributed by atoms with Gasteiger partial charge in [-0.25, -0.2) is 4.79 Å². The van der Waals surface area contributed by atoms with Crippen molar-refractivity contribution in [1.29, 1.82) is 0 Å². The highest BCUT2D eigenvalue weighted by atomic mass is 32.1. The van der Waals surface area contributed by atoms with Crippen LogP contribution in [0.4, 0.5) is 5.69 Å². The van der Waals surface area contributed by atoms with Gasteiger partial charge in [-0.2, -0.15) is 0 Å². The molecule has 0 unspecified atom stereocenters. The Morgan fingerprint density at radius 3 is 2.87 bits per heavy atom. The summed E-state index contributed by atoms with van der Waals surface area (Å²) in [7, 11) is 0. The molecule has 0 aliphatic carbocycles. The van der Waals surface area contributed by atoms with E-state index in [1.807, 2.05) is 35.7 Å². The molecule has 23 heavy (non-hydrogen) atoms. The molecule has 5 heteroatoms. The topological polar surface area (TPSA) is 51.5 Å². The second kappa shape index (κ2) is 7.15. The van der Waals surface area contributed by atoms with E-state index in [0.717, 1.165) is 23.4 Å². The fourth-order valence-corrected chi connectivity index (χ4v) is 3.07. The Bertz CT molecular complexity index is 776. The predicted octanol–water partition coefficient (Wildman–Crippen LogP) is 4.80. The monoisotopic (exact) mass is 327 g/mol. The number of hydrogen-bond donors (Lipinski definition) is 1. The van der Waals surface area contributed by atoms with Crippen LogP contribution in [0.3, 0.4) is 0 Å². The fraction of sp³-hybridized carbons (Fsp3) is 0.167. The van der Waals surface area contributed by atoms with Crippen molar-refractivity contribution in [1.82, 2.24) is 0 Å². The molecule has 0 bridgehead atoms. The number of rotatable bonds is 6. The van der Waals surface area contributed by atoms with Crippen molar-refractivity contribution in [2.24, 2.45) is 0 Å². The Labute approximate surface area is 138 Å². The van der Waals surface area contributed by atoms with Crippen LogP contribution in [0.1, 0.15) is 22.4 Å². The molecule has 118 valence electrons. The molecule has 0 aliphatic rings. The molecule has 0 amide bonds. The maximum Gasteiger partial charge on any atom is 0.374 e. The molecule has 0 saturated heterocycles. The number of esters is 1. The molecule has 0 saturated carbocycles. The first kappa shape index (κ1) is 15.4. The fourth-order valence-electron chi connectivity index (χ4n) is 2.25. The standard InChI is InChI=1S/C18H17NO3S/c1-2-21-18(20)17-16(8-9-22-17)13-10-15(23-12-13)11-19-14-6-4-3-5-7-14/h3-10,12,19H,2,11H2,1H3. The van der Waals surface area contributed by atoms with Gasteiger partial charge in [0.25, 0.3) is 0 Å². The van der Waals surface area contributed by atoms with Crippen molar-refractivity contribution < 1.29 is 13.9 Å². The lowest BCUT2D eigenvalue weighted by Crippen LogP contribution is -2.04. The van der Waals surface area contributed by atoms with Gasteiger partial charge < -0.3 is 14.5 Å². The average molecular weight is 327 g/mol.